The van der Waals surface area contributed by atoms with Crippen LogP contribution in [0.4, 0.5) is 5.69 Å². The van der Waals surface area contributed by atoms with Crippen LogP contribution in [0.1, 0.15) is 43.4 Å². The van der Waals surface area contributed by atoms with E-state index in [1.807, 2.05) is 63.2 Å². The summed E-state index contributed by atoms with van der Waals surface area (Å²) >= 11 is 0. The van der Waals surface area contributed by atoms with Gasteiger partial charge in [-0.1, -0.05) is 61.4 Å². The van der Waals surface area contributed by atoms with Crippen molar-refractivity contribution in [2.24, 2.45) is 0 Å². The number of aryl methyl sites for hydroxylation is 2. The molecule has 2 rings (SSSR count). The minimum absolute atomic E-state index is 0.243. The van der Waals surface area contributed by atoms with Crippen LogP contribution in [0.15, 0.2) is 48.5 Å². The first-order valence-corrected chi connectivity index (χ1v) is 13.6. The summed E-state index contributed by atoms with van der Waals surface area (Å²) in [5.41, 5.74) is 3.26. The molecule has 0 aliphatic heterocycles. The predicted molar refractivity (Wildman–Crippen MR) is 137 cm³/mol. The van der Waals surface area contributed by atoms with Crippen LogP contribution in [0.2, 0.25) is 0 Å². The van der Waals surface area contributed by atoms with Crippen molar-refractivity contribution >= 4 is 27.5 Å². The average molecular weight is 488 g/mol. The zero-order chi connectivity index (χ0) is 25.3. The highest BCUT2D eigenvalue weighted by Crippen LogP contribution is 2.24. The third kappa shape index (κ3) is 7.87. The van der Waals surface area contributed by atoms with Crippen LogP contribution in [0.25, 0.3) is 0 Å². The first-order valence-electron chi connectivity index (χ1n) is 11.7. The quantitative estimate of drug-likeness (QED) is 0.465. The van der Waals surface area contributed by atoms with E-state index in [-0.39, 0.29) is 12.5 Å². The van der Waals surface area contributed by atoms with Crippen LogP contribution in [-0.2, 0) is 26.0 Å². The molecular formula is C26H37N3O4S. The van der Waals surface area contributed by atoms with Crippen molar-refractivity contribution in [3.63, 3.8) is 0 Å². The zero-order valence-electron chi connectivity index (χ0n) is 20.9. The minimum atomic E-state index is -3.73. The number of hydrogen-bond donors (Lipinski definition) is 1. The second-order valence-corrected chi connectivity index (χ2v) is 10.6. The second kappa shape index (κ2) is 12.6. The van der Waals surface area contributed by atoms with Gasteiger partial charge in [-0.3, -0.25) is 13.9 Å². The second-order valence-electron chi connectivity index (χ2n) is 8.70. The van der Waals surface area contributed by atoms with Crippen LogP contribution in [0, 0.1) is 13.8 Å². The fraction of sp³-hybridized carbons (Fsp3) is 0.462. The number of carbonyl (C=O) groups is 2. The Hall–Kier alpha value is -2.87. The molecule has 0 fully saturated rings. The summed E-state index contributed by atoms with van der Waals surface area (Å²) in [4.78, 5) is 27.8. The molecule has 1 N–H and O–H groups in total. The van der Waals surface area contributed by atoms with Crippen molar-refractivity contribution < 1.29 is 18.0 Å². The van der Waals surface area contributed by atoms with Gasteiger partial charge in [-0.25, -0.2) is 8.42 Å². The molecule has 8 heteroatoms. The Balaban J connectivity index is 2.30. The lowest BCUT2D eigenvalue weighted by atomic mass is 10.1. The van der Waals surface area contributed by atoms with Gasteiger partial charge in [0, 0.05) is 13.1 Å². The average Bonchev–Trinajstić information content (AvgIpc) is 2.78. The van der Waals surface area contributed by atoms with Crippen molar-refractivity contribution in [2.45, 2.75) is 53.0 Å². The van der Waals surface area contributed by atoms with E-state index in [2.05, 4.69) is 5.32 Å². The molecule has 0 aliphatic carbocycles. The summed E-state index contributed by atoms with van der Waals surface area (Å²) in [6.45, 7) is 7.95. The third-order valence-electron chi connectivity index (χ3n) is 5.78. The van der Waals surface area contributed by atoms with E-state index in [4.69, 9.17) is 0 Å². The number of amides is 2. The van der Waals surface area contributed by atoms with Gasteiger partial charge >= 0.3 is 0 Å². The molecular weight excluding hydrogens is 450 g/mol. The Labute approximate surface area is 204 Å². The van der Waals surface area contributed by atoms with Gasteiger partial charge in [0.25, 0.3) is 0 Å². The van der Waals surface area contributed by atoms with E-state index in [1.165, 1.54) is 4.90 Å². The van der Waals surface area contributed by atoms with Gasteiger partial charge in [-0.15, -0.1) is 0 Å². The number of sulfonamides is 1. The minimum Gasteiger partial charge on any atom is -0.354 e. The van der Waals surface area contributed by atoms with Crippen molar-refractivity contribution in [3.8, 4) is 0 Å². The number of nitrogens with zero attached hydrogens (tertiary/aromatic N) is 2. The van der Waals surface area contributed by atoms with Gasteiger partial charge in [-0.05, 0) is 50.8 Å². The SMILES string of the molecule is CCCCNC(=O)[C@H](C)N(CCc1ccccc1)C(=O)CN(c1ccc(C)cc1C)S(C)(=O)=O. The van der Waals surface area contributed by atoms with Gasteiger partial charge < -0.3 is 10.2 Å². The molecule has 0 saturated heterocycles. The smallest absolute Gasteiger partial charge is 0.244 e. The van der Waals surface area contributed by atoms with E-state index in [1.54, 1.807) is 13.0 Å². The lowest BCUT2D eigenvalue weighted by Crippen LogP contribution is -2.52. The number of rotatable bonds is 12. The summed E-state index contributed by atoms with van der Waals surface area (Å²) in [6, 6.07) is 14.4. The maximum absolute atomic E-state index is 13.5. The Morgan fingerprint density at radius 3 is 2.32 bits per heavy atom. The highest BCUT2D eigenvalue weighted by molar-refractivity contribution is 7.92. The third-order valence-corrected chi connectivity index (χ3v) is 6.91. The van der Waals surface area contributed by atoms with Crippen molar-refractivity contribution in [2.75, 3.05) is 30.2 Å². The van der Waals surface area contributed by atoms with Crippen molar-refractivity contribution in [3.05, 3.63) is 65.2 Å². The van der Waals surface area contributed by atoms with Crippen molar-refractivity contribution in [1.82, 2.24) is 10.2 Å². The number of nitrogens with one attached hydrogen (secondary N) is 1. The number of carbonyl (C=O) groups excluding carboxylic acids is 2. The van der Waals surface area contributed by atoms with Gasteiger partial charge in [-0.2, -0.15) is 0 Å². The summed E-state index contributed by atoms with van der Waals surface area (Å²) in [5.74, 6) is -0.660. The standard InChI is InChI=1S/C26H37N3O4S/c1-6-7-16-27-26(31)22(4)28(17-15-23-11-9-8-10-12-23)25(30)19-29(34(5,32)33)24-14-13-20(2)18-21(24)3/h8-14,18,22H,6-7,15-17,19H2,1-5H3,(H,27,31)/t22-/m0/s1. The van der Waals surface area contributed by atoms with Crippen LogP contribution in [0.5, 0.6) is 0 Å². The monoisotopic (exact) mass is 487 g/mol. The molecule has 2 aromatic rings. The van der Waals surface area contributed by atoms with Gasteiger partial charge in [0.05, 0.1) is 11.9 Å². The molecule has 0 aliphatic rings. The molecule has 0 radical (unpaired) electrons. The zero-order valence-corrected chi connectivity index (χ0v) is 21.7. The molecule has 0 heterocycles. The number of hydrogen-bond acceptors (Lipinski definition) is 4. The van der Waals surface area contributed by atoms with Gasteiger partial charge in [0.2, 0.25) is 21.8 Å². The first kappa shape index (κ1) is 27.4. The topological polar surface area (TPSA) is 86.8 Å². The lowest BCUT2D eigenvalue weighted by molar-refractivity contribution is -0.138. The van der Waals surface area contributed by atoms with Gasteiger partial charge in [0.15, 0.2) is 0 Å². The lowest BCUT2D eigenvalue weighted by Gasteiger charge is -2.32. The largest absolute Gasteiger partial charge is 0.354 e. The highest BCUT2D eigenvalue weighted by atomic mass is 32.2. The Kier molecular flexibility index (Phi) is 10.1. The molecule has 0 unspecified atom stereocenters. The summed E-state index contributed by atoms with van der Waals surface area (Å²) in [5, 5.41) is 2.88. The molecule has 0 bridgehead atoms. The van der Waals surface area contributed by atoms with E-state index in [9.17, 15) is 18.0 Å². The fourth-order valence-corrected chi connectivity index (χ4v) is 4.69. The normalized spacial score (nSPS) is 12.1. The van der Waals surface area contributed by atoms with E-state index in [0.717, 1.165) is 40.1 Å². The van der Waals surface area contributed by atoms with Crippen LogP contribution in [-0.4, -0.2) is 57.1 Å². The molecule has 2 amide bonds. The Bertz CT molecular complexity index is 1070. The molecule has 0 saturated carbocycles. The molecule has 34 heavy (non-hydrogen) atoms. The predicted octanol–water partition coefficient (Wildman–Crippen LogP) is 3.45. The summed E-state index contributed by atoms with van der Waals surface area (Å²) in [7, 11) is -3.73. The van der Waals surface area contributed by atoms with E-state index >= 15 is 0 Å². The molecule has 0 aromatic heterocycles. The van der Waals surface area contributed by atoms with E-state index < -0.39 is 22.0 Å². The van der Waals surface area contributed by atoms with Crippen LogP contribution in [0.3, 0.4) is 0 Å². The molecule has 7 nitrogen and oxygen atoms in total. The summed E-state index contributed by atoms with van der Waals surface area (Å²) < 4.78 is 26.4. The number of unbranched alkanes of at least 4 members (excludes halogenated alkanes) is 1. The fourth-order valence-electron chi connectivity index (χ4n) is 3.79. The van der Waals surface area contributed by atoms with Crippen LogP contribution < -0.4 is 9.62 Å². The maximum atomic E-state index is 13.5. The molecule has 0 spiro atoms. The van der Waals surface area contributed by atoms with E-state index in [0.29, 0.717) is 25.2 Å². The van der Waals surface area contributed by atoms with Crippen molar-refractivity contribution in [1.29, 1.82) is 0 Å². The van der Waals surface area contributed by atoms with Crippen LogP contribution >= 0.6 is 0 Å². The highest BCUT2D eigenvalue weighted by Gasteiger charge is 2.30. The number of anilines is 1. The van der Waals surface area contributed by atoms with Gasteiger partial charge in [0.1, 0.15) is 12.6 Å². The maximum Gasteiger partial charge on any atom is 0.244 e. The Morgan fingerprint density at radius 1 is 1.06 bits per heavy atom. The summed E-state index contributed by atoms with van der Waals surface area (Å²) in [6.07, 6.45) is 3.45. The molecule has 1 atom stereocenters. The molecule has 186 valence electrons. The molecule has 2 aromatic carbocycles. The number of benzene rings is 2. The first-order chi connectivity index (χ1) is 16.0. The Morgan fingerprint density at radius 2 is 1.74 bits per heavy atom.